The molecule has 0 saturated carbocycles. The SMILES string of the molecule is CCOc1ccc(CCN2C(=O)/C(=C\c3ccc(COc4ccc(CC)cc4)o3)NC2=S)cc1OCC. The Balaban J connectivity index is 1.35. The number of nitrogens with one attached hydrogen (secondary N) is 1. The lowest BCUT2D eigenvalue weighted by Crippen LogP contribution is -2.32. The Morgan fingerprint density at radius 3 is 2.38 bits per heavy atom. The molecule has 37 heavy (non-hydrogen) atoms. The van der Waals surface area contributed by atoms with E-state index in [2.05, 4.69) is 12.2 Å². The minimum atomic E-state index is -0.189. The molecule has 1 aliphatic heterocycles. The number of thiocarbonyl (C=S) groups is 1. The van der Waals surface area contributed by atoms with Gasteiger partial charge in [0, 0.05) is 12.6 Å². The molecule has 8 heteroatoms. The van der Waals surface area contributed by atoms with Gasteiger partial charge in [-0.15, -0.1) is 0 Å². The predicted octanol–water partition coefficient (Wildman–Crippen LogP) is 5.52. The molecule has 1 aliphatic rings. The first-order valence-corrected chi connectivity index (χ1v) is 12.9. The fourth-order valence-corrected chi connectivity index (χ4v) is 4.22. The van der Waals surface area contributed by atoms with Crippen LogP contribution < -0.4 is 19.5 Å². The normalized spacial score (nSPS) is 14.2. The zero-order valence-corrected chi connectivity index (χ0v) is 22.2. The molecule has 0 atom stereocenters. The largest absolute Gasteiger partial charge is 0.490 e. The Labute approximate surface area is 223 Å². The Bertz CT molecular complexity index is 1270. The third-order valence-corrected chi connectivity index (χ3v) is 6.20. The summed E-state index contributed by atoms with van der Waals surface area (Å²) >= 11 is 5.43. The van der Waals surface area contributed by atoms with Crippen molar-refractivity contribution >= 4 is 29.3 Å². The quantitative estimate of drug-likeness (QED) is 0.249. The van der Waals surface area contributed by atoms with Crippen LogP contribution in [-0.4, -0.2) is 35.7 Å². The van der Waals surface area contributed by atoms with E-state index < -0.39 is 0 Å². The van der Waals surface area contributed by atoms with Crippen molar-refractivity contribution in [2.45, 2.75) is 40.2 Å². The summed E-state index contributed by atoms with van der Waals surface area (Å²) in [5.41, 5.74) is 2.67. The fraction of sp³-hybridized carbons (Fsp3) is 0.310. The van der Waals surface area contributed by atoms with Crippen molar-refractivity contribution < 1.29 is 23.4 Å². The molecule has 0 aliphatic carbocycles. The van der Waals surface area contributed by atoms with Crippen molar-refractivity contribution in [1.82, 2.24) is 10.2 Å². The molecule has 0 unspecified atom stereocenters. The number of aryl methyl sites for hydroxylation is 1. The standard InChI is InChI=1S/C29H32N2O5S/c1-4-20-7-10-22(11-8-20)35-19-24-13-12-23(36-24)18-25-28(32)31(29(37)30-25)16-15-21-9-14-26(33-5-2)27(17-21)34-6-3/h7-14,17-18H,4-6,15-16,19H2,1-3H3,(H,30,37)/b25-18+. The fourth-order valence-electron chi connectivity index (χ4n) is 3.93. The Morgan fingerprint density at radius 1 is 0.919 bits per heavy atom. The van der Waals surface area contributed by atoms with Crippen LogP contribution in [0.4, 0.5) is 0 Å². The van der Waals surface area contributed by atoms with E-state index in [1.165, 1.54) is 5.56 Å². The van der Waals surface area contributed by atoms with E-state index in [9.17, 15) is 4.79 Å². The van der Waals surface area contributed by atoms with Crippen molar-refractivity contribution in [3.05, 3.63) is 82.9 Å². The molecule has 4 rings (SSSR count). The van der Waals surface area contributed by atoms with Gasteiger partial charge in [0.15, 0.2) is 16.6 Å². The second kappa shape index (κ2) is 12.5. The maximum Gasteiger partial charge on any atom is 0.276 e. The van der Waals surface area contributed by atoms with Crippen LogP contribution in [0, 0.1) is 0 Å². The smallest absolute Gasteiger partial charge is 0.276 e. The van der Waals surface area contributed by atoms with E-state index in [0.29, 0.717) is 66.6 Å². The molecule has 0 bridgehead atoms. The molecule has 0 radical (unpaired) electrons. The summed E-state index contributed by atoms with van der Waals surface area (Å²) in [6, 6.07) is 17.5. The monoisotopic (exact) mass is 520 g/mol. The maximum atomic E-state index is 13.0. The molecule has 1 saturated heterocycles. The Kier molecular flexibility index (Phi) is 8.85. The summed E-state index contributed by atoms with van der Waals surface area (Å²) in [7, 11) is 0. The lowest BCUT2D eigenvalue weighted by molar-refractivity contribution is -0.122. The maximum absolute atomic E-state index is 13.0. The highest BCUT2D eigenvalue weighted by Gasteiger charge is 2.30. The highest BCUT2D eigenvalue weighted by molar-refractivity contribution is 7.80. The average molecular weight is 521 g/mol. The van der Waals surface area contributed by atoms with Gasteiger partial charge in [0.25, 0.3) is 5.91 Å². The predicted molar refractivity (Wildman–Crippen MR) is 147 cm³/mol. The summed E-state index contributed by atoms with van der Waals surface area (Å²) in [4.78, 5) is 14.6. The van der Waals surface area contributed by atoms with Crippen LogP contribution in [0.2, 0.25) is 0 Å². The summed E-state index contributed by atoms with van der Waals surface area (Å²) in [6.07, 6.45) is 3.27. The summed E-state index contributed by atoms with van der Waals surface area (Å²) in [5.74, 6) is 3.22. The van der Waals surface area contributed by atoms with E-state index in [0.717, 1.165) is 17.7 Å². The van der Waals surface area contributed by atoms with Crippen molar-refractivity contribution in [2.24, 2.45) is 0 Å². The van der Waals surface area contributed by atoms with Crippen LogP contribution in [0.3, 0.4) is 0 Å². The first-order valence-electron chi connectivity index (χ1n) is 12.5. The Hall–Kier alpha value is -3.78. The zero-order chi connectivity index (χ0) is 26.2. The van der Waals surface area contributed by atoms with Crippen LogP contribution in [0.1, 0.15) is 43.4 Å². The third kappa shape index (κ3) is 6.71. The topological polar surface area (TPSA) is 73.2 Å². The number of nitrogens with zero attached hydrogens (tertiary/aromatic N) is 1. The number of benzene rings is 2. The van der Waals surface area contributed by atoms with Gasteiger partial charge < -0.3 is 23.9 Å². The number of carbonyl (C=O) groups is 1. The molecule has 1 aromatic heterocycles. The molecular weight excluding hydrogens is 488 g/mol. The van der Waals surface area contributed by atoms with Gasteiger partial charge in [-0.25, -0.2) is 0 Å². The Morgan fingerprint density at radius 2 is 1.65 bits per heavy atom. The van der Waals surface area contributed by atoms with Gasteiger partial charge >= 0.3 is 0 Å². The number of carbonyl (C=O) groups excluding carboxylic acids is 1. The van der Waals surface area contributed by atoms with Crippen LogP contribution in [-0.2, 0) is 24.2 Å². The lowest BCUT2D eigenvalue weighted by Gasteiger charge is -2.15. The van der Waals surface area contributed by atoms with Gasteiger partial charge in [-0.3, -0.25) is 9.69 Å². The second-order valence-corrected chi connectivity index (χ2v) is 8.82. The van der Waals surface area contributed by atoms with Crippen LogP contribution in [0.15, 0.2) is 64.7 Å². The minimum Gasteiger partial charge on any atom is -0.490 e. The number of rotatable bonds is 12. The van der Waals surface area contributed by atoms with Gasteiger partial charge in [0.05, 0.1) is 13.2 Å². The number of ether oxygens (including phenoxy) is 3. The molecular formula is C29H32N2O5S. The summed E-state index contributed by atoms with van der Waals surface area (Å²) < 4.78 is 23.0. The molecule has 1 fully saturated rings. The minimum absolute atomic E-state index is 0.189. The lowest BCUT2D eigenvalue weighted by atomic mass is 10.1. The summed E-state index contributed by atoms with van der Waals surface area (Å²) in [6.45, 7) is 7.83. The van der Waals surface area contributed by atoms with Gasteiger partial charge in [0.2, 0.25) is 0 Å². The molecule has 194 valence electrons. The molecule has 0 spiro atoms. The number of hydrogen-bond acceptors (Lipinski definition) is 6. The molecule has 2 aromatic carbocycles. The van der Waals surface area contributed by atoms with Crippen molar-refractivity contribution in [2.75, 3.05) is 19.8 Å². The van der Waals surface area contributed by atoms with E-state index in [1.54, 1.807) is 11.0 Å². The highest BCUT2D eigenvalue weighted by atomic mass is 32.1. The van der Waals surface area contributed by atoms with Crippen LogP contribution in [0.5, 0.6) is 17.2 Å². The van der Waals surface area contributed by atoms with Gasteiger partial charge in [-0.05, 0) is 86.4 Å². The van der Waals surface area contributed by atoms with Crippen molar-refractivity contribution in [1.29, 1.82) is 0 Å². The molecule has 2 heterocycles. The molecule has 3 aromatic rings. The zero-order valence-electron chi connectivity index (χ0n) is 21.4. The average Bonchev–Trinajstić information content (AvgIpc) is 3.46. The van der Waals surface area contributed by atoms with E-state index >= 15 is 0 Å². The van der Waals surface area contributed by atoms with Gasteiger partial charge in [0.1, 0.15) is 29.6 Å². The van der Waals surface area contributed by atoms with Crippen LogP contribution in [0.25, 0.3) is 6.08 Å². The van der Waals surface area contributed by atoms with E-state index in [1.807, 2.05) is 68.4 Å². The van der Waals surface area contributed by atoms with Crippen molar-refractivity contribution in [3.63, 3.8) is 0 Å². The molecule has 1 amide bonds. The number of amides is 1. The third-order valence-electron chi connectivity index (χ3n) is 5.88. The van der Waals surface area contributed by atoms with Gasteiger partial charge in [-0.2, -0.15) is 0 Å². The van der Waals surface area contributed by atoms with Crippen molar-refractivity contribution in [3.8, 4) is 17.2 Å². The van der Waals surface area contributed by atoms with E-state index in [4.69, 9.17) is 30.8 Å². The van der Waals surface area contributed by atoms with E-state index in [-0.39, 0.29) is 5.91 Å². The molecule has 1 N–H and O–H groups in total. The molecule has 7 nitrogen and oxygen atoms in total. The highest BCUT2D eigenvalue weighted by Crippen LogP contribution is 2.29. The van der Waals surface area contributed by atoms with Crippen LogP contribution >= 0.6 is 12.2 Å². The number of furan rings is 1. The van der Waals surface area contributed by atoms with Gasteiger partial charge in [-0.1, -0.05) is 25.1 Å². The first-order chi connectivity index (χ1) is 18.0. The summed E-state index contributed by atoms with van der Waals surface area (Å²) in [5, 5.41) is 3.38. The second-order valence-electron chi connectivity index (χ2n) is 8.43. The number of hydrogen-bond donors (Lipinski definition) is 1. The first kappa shape index (κ1) is 26.3.